The van der Waals surface area contributed by atoms with Crippen molar-refractivity contribution in [2.24, 2.45) is 5.14 Å². The molecule has 3 heteroatoms. The third kappa shape index (κ3) is 24.5. The summed E-state index contributed by atoms with van der Waals surface area (Å²) in [4.78, 5) is 9.65. The van der Waals surface area contributed by atoms with E-state index in [4.69, 9.17) is 5.14 Å². The summed E-state index contributed by atoms with van der Waals surface area (Å²) in [6.07, 6.45) is 4.08. The first-order chi connectivity index (χ1) is 4.68. The number of rotatable bonds is 2. The molecule has 0 radical (unpaired) electrons. The molecule has 0 saturated heterocycles. The van der Waals surface area contributed by atoms with Crippen LogP contribution in [0.25, 0.3) is 0 Å². The van der Waals surface area contributed by atoms with Gasteiger partial charge < -0.3 is 0 Å². The van der Waals surface area contributed by atoms with Gasteiger partial charge in [-0.25, -0.2) is 0 Å². The molecule has 2 N–H and O–H groups in total. The first-order valence-electron chi connectivity index (χ1n) is 3.56. The van der Waals surface area contributed by atoms with E-state index in [1.165, 1.54) is 26.2 Å². The summed E-state index contributed by atoms with van der Waals surface area (Å²) in [5.41, 5.74) is 0. The fraction of sp³-hybridized carbons (Fsp3) is 0.857. The van der Waals surface area contributed by atoms with Crippen LogP contribution in [0.2, 0.25) is 0 Å². The Morgan fingerprint density at radius 3 is 1.70 bits per heavy atom. The normalized spacial score (nSPS) is 8.00. The zero-order valence-electron chi connectivity index (χ0n) is 7.02. The van der Waals surface area contributed by atoms with Crippen LogP contribution in [0.5, 0.6) is 0 Å². The smallest absolute Gasteiger partial charge is 0.200 e. The van der Waals surface area contributed by atoms with Gasteiger partial charge in [0.25, 0.3) is 0 Å². The molecule has 0 unspecified atom stereocenters. The zero-order chi connectivity index (χ0) is 8.41. The van der Waals surface area contributed by atoms with Gasteiger partial charge in [0.15, 0.2) is 5.12 Å². The van der Waals surface area contributed by atoms with Gasteiger partial charge in [0.1, 0.15) is 0 Å². The van der Waals surface area contributed by atoms with Gasteiger partial charge in [-0.15, -0.1) is 0 Å². The largest absolute Gasteiger partial charge is 0.286 e. The Kier molecular flexibility index (Phi) is 14.8. The monoisotopic (exact) mass is 163 g/mol. The first-order valence-corrected chi connectivity index (χ1v) is 4.44. The average molecular weight is 163 g/mol. The molecule has 0 atom stereocenters. The number of hydrogen-bond donors (Lipinski definition) is 1. The van der Waals surface area contributed by atoms with Gasteiger partial charge >= 0.3 is 0 Å². The van der Waals surface area contributed by atoms with Gasteiger partial charge in [-0.1, -0.05) is 33.1 Å². The molecule has 0 aromatic rings. The first kappa shape index (κ1) is 12.6. The Morgan fingerprint density at radius 1 is 1.40 bits per heavy atom. The van der Waals surface area contributed by atoms with Crippen LogP contribution in [0.15, 0.2) is 0 Å². The minimum Gasteiger partial charge on any atom is -0.286 e. The van der Waals surface area contributed by atoms with E-state index in [1.54, 1.807) is 0 Å². The van der Waals surface area contributed by atoms with E-state index in [-0.39, 0.29) is 5.12 Å². The van der Waals surface area contributed by atoms with Crippen LogP contribution in [0.3, 0.4) is 0 Å². The highest BCUT2D eigenvalue weighted by Crippen LogP contribution is 1.88. The van der Waals surface area contributed by atoms with Gasteiger partial charge in [0.2, 0.25) is 0 Å². The van der Waals surface area contributed by atoms with Crippen LogP contribution in [0.4, 0.5) is 0 Å². The van der Waals surface area contributed by atoms with Crippen molar-refractivity contribution in [2.45, 2.75) is 40.0 Å². The van der Waals surface area contributed by atoms with Gasteiger partial charge in [0, 0.05) is 6.92 Å². The lowest BCUT2D eigenvalue weighted by Gasteiger charge is -1.79. The third-order valence-electron chi connectivity index (χ3n) is 0.873. The van der Waals surface area contributed by atoms with Crippen LogP contribution in [0, 0.1) is 0 Å². The van der Waals surface area contributed by atoms with E-state index < -0.39 is 0 Å². The van der Waals surface area contributed by atoms with Crippen molar-refractivity contribution in [2.75, 3.05) is 0 Å². The summed E-state index contributed by atoms with van der Waals surface area (Å²) in [6.45, 7) is 5.84. The molecule has 0 saturated carbocycles. The van der Waals surface area contributed by atoms with Crippen molar-refractivity contribution in [1.29, 1.82) is 0 Å². The number of hydrogen-bond acceptors (Lipinski definition) is 3. The van der Waals surface area contributed by atoms with E-state index in [0.29, 0.717) is 0 Å². The Labute approximate surface area is 67.7 Å². The molecule has 62 valence electrons. The highest BCUT2D eigenvalue weighted by atomic mass is 32.2. The molecular weight excluding hydrogens is 146 g/mol. The predicted octanol–water partition coefficient (Wildman–Crippen LogP) is 2.34. The maximum atomic E-state index is 9.65. The lowest BCUT2D eigenvalue weighted by atomic mass is 10.3. The van der Waals surface area contributed by atoms with E-state index >= 15 is 0 Å². The summed E-state index contributed by atoms with van der Waals surface area (Å²) >= 11 is 0.741. The Bertz CT molecular complexity index is 74.0. The van der Waals surface area contributed by atoms with Crippen LogP contribution >= 0.6 is 11.9 Å². The minimum absolute atomic E-state index is 0.0509. The second kappa shape index (κ2) is 11.7. The van der Waals surface area contributed by atoms with E-state index in [1.807, 2.05) is 0 Å². The van der Waals surface area contributed by atoms with Crippen LogP contribution in [-0.4, -0.2) is 5.12 Å². The van der Waals surface area contributed by atoms with E-state index in [0.717, 1.165) is 11.9 Å². The Morgan fingerprint density at radius 2 is 1.70 bits per heavy atom. The van der Waals surface area contributed by atoms with Crippen molar-refractivity contribution in [3.8, 4) is 0 Å². The molecule has 0 aromatic heterocycles. The van der Waals surface area contributed by atoms with Crippen LogP contribution in [0.1, 0.15) is 40.0 Å². The van der Waals surface area contributed by atoms with Crippen molar-refractivity contribution in [3.63, 3.8) is 0 Å². The molecule has 0 aromatic carbocycles. The van der Waals surface area contributed by atoms with Gasteiger partial charge in [0.05, 0.1) is 0 Å². The fourth-order valence-corrected chi connectivity index (χ4v) is 0.354. The number of nitrogens with two attached hydrogens (primary N) is 1. The standard InChI is InChI=1S/C5H12.C2H5NOS/c1-3-5-4-2;1-2(4)5-3/h3-5H2,1-2H3;3H2,1H3. The number of carbonyl (C=O) groups excluding carboxylic acids is 1. The highest BCUT2D eigenvalue weighted by Gasteiger charge is 1.78. The SMILES string of the molecule is CC(=O)SN.CCCCC. The summed E-state index contributed by atoms with van der Waals surface area (Å²) in [6, 6.07) is 0. The summed E-state index contributed by atoms with van der Waals surface area (Å²) in [7, 11) is 0. The number of unbranched alkanes of at least 4 members (excludes halogenated alkanes) is 2. The van der Waals surface area contributed by atoms with Crippen LogP contribution < -0.4 is 5.14 Å². The van der Waals surface area contributed by atoms with E-state index in [9.17, 15) is 4.79 Å². The van der Waals surface area contributed by atoms with Gasteiger partial charge in [-0.3, -0.25) is 9.93 Å². The van der Waals surface area contributed by atoms with Gasteiger partial charge in [-0.05, 0) is 11.9 Å². The number of carbonyl (C=O) groups is 1. The van der Waals surface area contributed by atoms with E-state index in [2.05, 4.69) is 13.8 Å². The van der Waals surface area contributed by atoms with Crippen molar-refractivity contribution in [1.82, 2.24) is 0 Å². The molecule has 0 fully saturated rings. The molecule has 0 aliphatic heterocycles. The van der Waals surface area contributed by atoms with Crippen molar-refractivity contribution in [3.05, 3.63) is 0 Å². The third-order valence-corrected chi connectivity index (χ3v) is 1.20. The summed E-state index contributed by atoms with van der Waals surface area (Å²) < 4.78 is 0. The fourth-order valence-electron chi connectivity index (χ4n) is 0.354. The van der Waals surface area contributed by atoms with Crippen molar-refractivity contribution >= 4 is 17.1 Å². The van der Waals surface area contributed by atoms with Gasteiger partial charge in [-0.2, -0.15) is 0 Å². The predicted molar refractivity (Wildman–Crippen MR) is 47.7 cm³/mol. The molecule has 10 heavy (non-hydrogen) atoms. The average Bonchev–Trinajstić information content (AvgIpc) is 1.91. The molecule has 2 nitrogen and oxygen atoms in total. The maximum Gasteiger partial charge on any atom is 0.200 e. The second-order valence-corrected chi connectivity index (χ2v) is 2.77. The molecule has 0 bridgehead atoms. The minimum atomic E-state index is -0.0509. The highest BCUT2D eigenvalue weighted by molar-refractivity contribution is 8.11. The molecule has 0 aliphatic carbocycles. The van der Waals surface area contributed by atoms with Crippen molar-refractivity contribution < 1.29 is 4.79 Å². The second-order valence-electron chi connectivity index (χ2n) is 1.96. The summed E-state index contributed by atoms with van der Waals surface area (Å²) in [5.74, 6) is 0. The molecule has 0 rings (SSSR count). The molecule has 0 heterocycles. The van der Waals surface area contributed by atoms with Crippen LogP contribution in [-0.2, 0) is 4.79 Å². The molecule has 0 spiro atoms. The Hall–Kier alpha value is -0.0200. The maximum absolute atomic E-state index is 9.65. The summed E-state index contributed by atoms with van der Waals surface area (Å²) in [5, 5.41) is 4.69. The molecule has 0 aliphatic rings. The molecule has 0 amide bonds. The Balaban J connectivity index is 0. The molecular formula is C7H17NOS. The topological polar surface area (TPSA) is 43.1 Å². The quantitative estimate of drug-likeness (QED) is 0.635. The zero-order valence-corrected chi connectivity index (χ0v) is 7.83. The lowest BCUT2D eigenvalue weighted by Crippen LogP contribution is -1.85. The lowest BCUT2D eigenvalue weighted by molar-refractivity contribution is -0.109.